The highest BCUT2D eigenvalue weighted by Crippen LogP contribution is 2.51. The third-order valence-corrected chi connectivity index (χ3v) is 12.6. The van der Waals surface area contributed by atoms with Crippen LogP contribution in [0, 0.1) is 6.92 Å². The molecule has 0 amide bonds. The van der Waals surface area contributed by atoms with Crippen molar-refractivity contribution in [1.82, 2.24) is 19.1 Å². The van der Waals surface area contributed by atoms with Crippen molar-refractivity contribution in [2.45, 2.75) is 6.92 Å². The summed E-state index contributed by atoms with van der Waals surface area (Å²) in [5, 5.41) is 8.71. The third kappa shape index (κ3) is 4.40. The van der Waals surface area contributed by atoms with Gasteiger partial charge in [-0.15, -0.1) is 11.3 Å². The molecule has 0 bridgehead atoms. The van der Waals surface area contributed by atoms with E-state index >= 15 is 0 Å². The maximum absolute atomic E-state index is 5.24. The molecule has 0 N–H and O–H groups in total. The molecule has 262 valence electrons. The topological polar surface area (TPSA) is 35.6 Å². The summed E-state index contributed by atoms with van der Waals surface area (Å²) >= 11 is 1.90. The van der Waals surface area contributed by atoms with Gasteiger partial charge in [-0.05, 0) is 67.1 Å². The van der Waals surface area contributed by atoms with Crippen LogP contribution in [-0.2, 0) is 0 Å². The van der Waals surface area contributed by atoms with E-state index in [0.29, 0.717) is 0 Å². The first-order valence-electron chi connectivity index (χ1n) is 19.0. The van der Waals surface area contributed by atoms with Crippen LogP contribution in [-0.4, -0.2) is 19.1 Å². The molecular formula is C51H32N4S. The summed E-state index contributed by atoms with van der Waals surface area (Å²) < 4.78 is 7.61. The van der Waals surface area contributed by atoms with Gasteiger partial charge >= 0.3 is 0 Å². The minimum Gasteiger partial charge on any atom is -0.308 e. The zero-order chi connectivity index (χ0) is 36.9. The van der Waals surface area contributed by atoms with Crippen molar-refractivity contribution in [1.29, 1.82) is 0 Å². The van der Waals surface area contributed by atoms with Crippen LogP contribution in [0.5, 0.6) is 0 Å². The van der Waals surface area contributed by atoms with E-state index in [4.69, 9.17) is 9.97 Å². The van der Waals surface area contributed by atoms with Gasteiger partial charge in [0.2, 0.25) is 0 Å². The van der Waals surface area contributed by atoms with Crippen LogP contribution in [0.15, 0.2) is 176 Å². The van der Waals surface area contributed by atoms with Gasteiger partial charge < -0.3 is 9.13 Å². The molecule has 8 aromatic carbocycles. The predicted octanol–water partition coefficient (Wildman–Crippen LogP) is 13.8. The molecule has 12 aromatic rings. The Balaban J connectivity index is 1.20. The molecule has 12 rings (SSSR count). The quantitative estimate of drug-likeness (QED) is 0.181. The summed E-state index contributed by atoms with van der Waals surface area (Å²) in [6.07, 6.45) is 0. The zero-order valence-electron chi connectivity index (χ0n) is 30.4. The Kier molecular flexibility index (Phi) is 6.68. The SMILES string of the molecule is Cc1cc(-n2c3ccccc3c3c4sc5ccccc5c4c4c(c5ccccc5n4-c4ccccc4)c32)ccc1-c1nc(-c2ccccc2)c2ccccc2n1. The molecule has 0 fully saturated rings. The molecule has 0 aliphatic carbocycles. The fraction of sp³-hybridized carbons (Fsp3) is 0.0196. The van der Waals surface area contributed by atoms with E-state index in [1.165, 1.54) is 63.8 Å². The molecule has 0 spiro atoms. The Labute approximate surface area is 326 Å². The molecule has 0 aliphatic rings. The van der Waals surface area contributed by atoms with E-state index in [9.17, 15) is 0 Å². The van der Waals surface area contributed by atoms with Crippen molar-refractivity contribution >= 4 is 86.0 Å². The number of nitrogens with zero attached hydrogens (tertiary/aromatic N) is 4. The predicted molar refractivity (Wildman–Crippen MR) is 237 cm³/mol. The number of hydrogen-bond donors (Lipinski definition) is 0. The van der Waals surface area contributed by atoms with Gasteiger partial charge in [0.25, 0.3) is 0 Å². The van der Waals surface area contributed by atoms with Gasteiger partial charge in [-0.25, -0.2) is 9.97 Å². The highest BCUT2D eigenvalue weighted by molar-refractivity contribution is 7.27. The highest BCUT2D eigenvalue weighted by atomic mass is 32.1. The number of rotatable bonds is 4. The first-order valence-corrected chi connectivity index (χ1v) is 19.8. The van der Waals surface area contributed by atoms with Crippen molar-refractivity contribution in [2.24, 2.45) is 0 Å². The largest absolute Gasteiger partial charge is 0.308 e. The van der Waals surface area contributed by atoms with Gasteiger partial charge in [-0.1, -0.05) is 121 Å². The van der Waals surface area contributed by atoms with Crippen LogP contribution in [0.2, 0.25) is 0 Å². The molecule has 4 heterocycles. The molecule has 0 radical (unpaired) electrons. The van der Waals surface area contributed by atoms with E-state index in [1.807, 2.05) is 17.4 Å². The lowest BCUT2D eigenvalue weighted by Crippen LogP contribution is -1.99. The number of thiophene rings is 1. The average Bonchev–Trinajstić information content (AvgIpc) is 3.92. The standard InChI is InChI=1S/C51H32N4S/c1-31-30-34(28-29-35(31)51-52-40-24-12-8-20-36(40)47(53-51)32-16-4-2-5-17-32)55-42-26-14-10-22-38(42)45-48(55)44-37-21-9-13-25-41(37)54(33-18-6-3-7-19-33)49(44)46-39-23-11-15-27-43(39)56-50(45)46/h2-30H,1H3. The van der Waals surface area contributed by atoms with Crippen LogP contribution in [0.3, 0.4) is 0 Å². The number of benzene rings is 8. The van der Waals surface area contributed by atoms with Crippen molar-refractivity contribution in [2.75, 3.05) is 0 Å². The number of para-hydroxylation sites is 4. The van der Waals surface area contributed by atoms with Crippen LogP contribution < -0.4 is 0 Å². The van der Waals surface area contributed by atoms with Crippen LogP contribution >= 0.6 is 11.3 Å². The van der Waals surface area contributed by atoms with E-state index < -0.39 is 0 Å². The summed E-state index contributed by atoms with van der Waals surface area (Å²) in [4.78, 5) is 10.4. The highest BCUT2D eigenvalue weighted by Gasteiger charge is 2.27. The third-order valence-electron chi connectivity index (χ3n) is 11.4. The fourth-order valence-corrected chi connectivity index (χ4v) is 10.3. The normalized spacial score (nSPS) is 12.0. The van der Waals surface area contributed by atoms with Gasteiger partial charge in [0.05, 0.1) is 33.3 Å². The van der Waals surface area contributed by atoms with Crippen molar-refractivity contribution in [3.05, 3.63) is 181 Å². The number of aryl methyl sites for hydroxylation is 1. The molecule has 0 unspecified atom stereocenters. The van der Waals surface area contributed by atoms with Crippen molar-refractivity contribution < 1.29 is 0 Å². The fourth-order valence-electron chi connectivity index (χ4n) is 9.04. The molecule has 4 aromatic heterocycles. The Hall–Kier alpha value is -7.08. The number of aromatic nitrogens is 4. The van der Waals surface area contributed by atoms with Gasteiger partial charge in [0, 0.05) is 69.6 Å². The summed E-state index contributed by atoms with van der Waals surface area (Å²) in [6, 6.07) is 63.1. The van der Waals surface area contributed by atoms with E-state index in [0.717, 1.165) is 50.5 Å². The molecule has 0 saturated carbocycles. The second-order valence-corrected chi connectivity index (χ2v) is 15.6. The van der Waals surface area contributed by atoms with Crippen LogP contribution in [0.4, 0.5) is 0 Å². The Morgan fingerprint density at radius 1 is 0.464 bits per heavy atom. The van der Waals surface area contributed by atoms with Gasteiger partial charge in [0.1, 0.15) is 0 Å². The molecule has 0 atom stereocenters. The Morgan fingerprint density at radius 3 is 1.77 bits per heavy atom. The summed E-state index contributed by atoms with van der Waals surface area (Å²) in [5.74, 6) is 0.731. The molecule has 5 heteroatoms. The zero-order valence-corrected chi connectivity index (χ0v) is 31.3. The van der Waals surface area contributed by atoms with Crippen molar-refractivity contribution in [3.8, 4) is 34.0 Å². The lowest BCUT2D eigenvalue weighted by Gasteiger charge is -2.14. The smallest absolute Gasteiger partial charge is 0.160 e. The lowest BCUT2D eigenvalue weighted by molar-refractivity contribution is 1.16. The summed E-state index contributed by atoms with van der Waals surface area (Å²) in [7, 11) is 0. The summed E-state index contributed by atoms with van der Waals surface area (Å²) in [6.45, 7) is 2.19. The van der Waals surface area contributed by atoms with Crippen molar-refractivity contribution in [3.63, 3.8) is 0 Å². The number of hydrogen-bond acceptors (Lipinski definition) is 3. The molecule has 56 heavy (non-hydrogen) atoms. The van der Waals surface area contributed by atoms with Gasteiger partial charge in [-0.3, -0.25) is 0 Å². The minimum atomic E-state index is 0.731. The van der Waals surface area contributed by atoms with Gasteiger partial charge in [0.15, 0.2) is 5.82 Å². The van der Waals surface area contributed by atoms with E-state index in [1.54, 1.807) is 0 Å². The maximum Gasteiger partial charge on any atom is 0.160 e. The van der Waals surface area contributed by atoms with Crippen LogP contribution in [0.1, 0.15) is 5.56 Å². The average molecular weight is 733 g/mol. The van der Waals surface area contributed by atoms with Gasteiger partial charge in [-0.2, -0.15) is 0 Å². The Bertz CT molecular complexity index is 3540. The second-order valence-electron chi connectivity index (χ2n) is 14.6. The molecular weight excluding hydrogens is 701 g/mol. The molecule has 4 nitrogen and oxygen atoms in total. The monoisotopic (exact) mass is 732 g/mol. The first kappa shape index (κ1) is 31.3. The number of fused-ring (bicyclic) bond motifs is 13. The summed E-state index contributed by atoms with van der Waals surface area (Å²) in [5.41, 5.74) is 12.2. The maximum atomic E-state index is 5.24. The Morgan fingerprint density at radius 2 is 1.04 bits per heavy atom. The van der Waals surface area contributed by atoms with Crippen LogP contribution in [0.25, 0.3) is 109 Å². The lowest BCUT2D eigenvalue weighted by atomic mass is 10.0. The second kappa shape index (κ2) is 12.0. The minimum absolute atomic E-state index is 0.731. The first-order chi connectivity index (χ1) is 27.7. The molecule has 0 saturated heterocycles. The molecule has 0 aliphatic heterocycles. The van der Waals surface area contributed by atoms with E-state index in [-0.39, 0.29) is 0 Å². The van der Waals surface area contributed by atoms with E-state index in [2.05, 4.69) is 186 Å².